The first-order valence-corrected chi connectivity index (χ1v) is 9.08. The maximum atomic E-state index is 12.2. The summed E-state index contributed by atoms with van der Waals surface area (Å²) in [5.74, 6) is 0.220. The molecule has 1 fully saturated rings. The Balaban J connectivity index is 1.49. The molecule has 0 aromatic heterocycles. The van der Waals surface area contributed by atoms with E-state index in [4.69, 9.17) is 4.84 Å². The van der Waals surface area contributed by atoms with Gasteiger partial charge in [-0.2, -0.15) is 0 Å². The second-order valence-electron chi connectivity index (χ2n) is 6.95. The molecular weight excluding hydrogens is 324 g/mol. The summed E-state index contributed by atoms with van der Waals surface area (Å²) in [5.41, 5.74) is 4.63. The van der Waals surface area contributed by atoms with Gasteiger partial charge in [-0.15, -0.1) is 0 Å². The number of hydrogen-bond donors (Lipinski definition) is 0. The zero-order valence-electron chi connectivity index (χ0n) is 14.9. The van der Waals surface area contributed by atoms with Crippen molar-refractivity contribution < 1.29 is 9.63 Å². The first kappa shape index (κ1) is 16.6. The van der Waals surface area contributed by atoms with E-state index in [9.17, 15) is 4.79 Å². The summed E-state index contributed by atoms with van der Waals surface area (Å²) in [6.07, 6.45) is 4.09. The summed E-state index contributed by atoms with van der Waals surface area (Å²) in [7, 11) is 0. The first-order chi connectivity index (χ1) is 12.7. The molecule has 1 saturated heterocycles. The molecule has 0 aliphatic carbocycles. The van der Waals surface area contributed by atoms with Crippen molar-refractivity contribution >= 4 is 11.7 Å². The van der Waals surface area contributed by atoms with Gasteiger partial charge < -0.3 is 9.74 Å². The predicted molar refractivity (Wildman–Crippen MR) is 102 cm³/mol. The van der Waals surface area contributed by atoms with Crippen molar-refractivity contribution in [2.45, 2.75) is 25.7 Å². The average Bonchev–Trinajstić information content (AvgIpc) is 3.04. The third-order valence-electron chi connectivity index (χ3n) is 5.10. The largest absolute Gasteiger partial charge is 0.377 e. The Labute approximate surface area is 153 Å². The molecule has 2 aliphatic heterocycles. The van der Waals surface area contributed by atoms with E-state index in [-0.39, 0.29) is 5.97 Å². The average molecular weight is 346 g/mol. The molecule has 0 unspecified atom stereocenters. The zero-order chi connectivity index (χ0) is 17.9. The third kappa shape index (κ3) is 3.40. The molecule has 2 aliphatic rings. The van der Waals surface area contributed by atoms with Crippen LogP contribution in [0.4, 0.5) is 0 Å². The summed E-state index contributed by atoms with van der Waals surface area (Å²) in [4.78, 5) is 19.3. The molecule has 4 rings (SSSR count). The normalized spacial score (nSPS) is 19.6. The minimum atomic E-state index is -0.369. The highest BCUT2D eigenvalue weighted by molar-refractivity contribution is 6.28. The lowest BCUT2D eigenvalue weighted by molar-refractivity contribution is -0.136. The van der Waals surface area contributed by atoms with Gasteiger partial charge in [0.15, 0.2) is 0 Å². The maximum Gasteiger partial charge on any atom is 0.369 e. The van der Waals surface area contributed by atoms with E-state index in [1.165, 1.54) is 5.56 Å². The second kappa shape index (κ2) is 7.16. The van der Waals surface area contributed by atoms with E-state index in [0.717, 1.165) is 37.1 Å². The van der Waals surface area contributed by atoms with Crippen molar-refractivity contribution in [3.8, 4) is 0 Å². The van der Waals surface area contributed by atoms with Gasteiger partial charge in [0.25, 0.3) is 0 Å². The van der Waals surface area contributed by atoms with Gasteiger partial charge in [0.2, 0.25) is 0 Å². The lowest BCUT2D eigenvalue weighted by Crippen LogP contribution is -2.30. The van der Waals surface area contributed by atoms with E-state index < -0.39 is 0 Å². The van der Waals surface area contributed by atoms with Crippen molar-refractivity contribution in [2.75, 3.05) is 13.1 Å². The number of carbonyl (C=O) groups excluding carboxylic acids is 1. The quantitative estimate of drug-likeness (QED) is 0.623. The van der Waals surface area contributed by atoms with Crippen LogP contribution >= 0.6 is 0 Å². The van der Waals surface area contributed by atoms with Crippen LogP contribution in [0.5, 0.6) is 0 Å². The van der Waals surface area contributed by atoms with Gasteiger partial charge in [-0.05, 0) is 37.3 Å². The Bertz CT molecular complexity index is 863. The van der Waals surface area contributed by atoms with Gasteiger partial charge in [0.05, 0.1) is 0 Å². The molecule has 26 heavy (non-hydrogen) atoms. The molecule has 0 amide bonds. The lowest BCUT2D eigenvalue weighted by atomic mass is 9.89. The van der Waals surface area contributed by atoms with Crippen LogP contribution in [-0.2, 0) is 9.63 Å². The van der Waals surface area contributed by atoms with E-state index in [2.05, 4.69) is 40.4 Å². The molecule has 4 nitrogen and oxygen atoms in total. The van der Waals surface area contributed by atoms with Crippen molar-refractivity contribution in [3.05, 3.63) is 83.1 Å². The molecule has 2 aromatic carbocycles. The number of likely N-dealkylation sites (tertiary alicyclic amines) is 1. The van der Waals surface area contributed by atoms with Crippen LogP contribution in [0.1, 0.15) is 35.4 Å². The van der Waals surface area contributed by atoms with Gasteiger partial charge in [0, 0.05) is 24.9 Å². The third-order valence-corrected chi connectivity index (χ3v) is 5.10. The van der Waals surface area contributed by atoms with Gasteiger partial charge in [-0.3, -0.25) is 0 Å². The minimum Gasteiger partial charge on any atom is -0.377 e. The molecule has 0 saturated carbocycles. The van der Waals surface area contributed by atoms with E-state index in [1.54, 1.807) is 0 Å². The zero-order valence-corrected chi connectivity index (χ0v) is 14.9. The molecule has 2 heterocycles. The number of carbonyl (C=O) groups is 1. The monoisotopic (exact) mass is 346 g/mol. The molecule has 2 aromatic rings. The topological polar surface area (TPSA) is 41.9 Å². The fourth-order valence-corrected chi connectivity index (χ4v) is 3.67. The molecule has 0 radical (unpaired) electrons. The van der Waals surface area contributed by atoms with Gasteiger partial charge >= 0.3 is 5.97 Å². The molecule has 0 bridgehead atoms. The first-order valence-electron chi connectivity index (χ1n) is 9.08. The number of aryl methyl sites for hydroxylation is 1. The fourth-order valence-electron chi connectivity index (χ4n) is 3.67. The Morgan fingerprint density at radius 1 is 1.08 bits per heavy atom. The highest BCUT2D eigenvalue weighted by Gasteiger charge is 2.29. The van der Waals surface area contributed by atoms with Crippen LogP contribution in [0.25, 0.3) is 0 Å². The molecule has 4 heteroatoms. The Hall–Kier alpha value is -2.88. The summed E-state index contributed by atoms with van der Waals surface area (Å²) < 4.78 is 0. The highest BCUT2D eigenvalue weighted by atomic mass is 16.7. The van der Waals surface area contributed by atoms with Gasteiger partial charge in [-0.1, -0.05) is 59.3 Å². The molecule has 0 atom stereocenters. The number of nitrogens with zero attached hydrogens (tertiary/aromatic N) is 2. The number of piperidine rings is 1. The molecule has 0 N–H and O–H groups in total. The Morgan fingerprint density at radius 3 is 2.58 bits per heavy atom. The van der Waals surface area contributed by atoms with E-state index in [1.807, 2.05) is 37.4 Å². The standard InChI is InChI=1S/C22H22N2O2/c1-16-6-5-9-19(14-16)21-20(22(25)26-23-21)15-24-12-10-18(11-13-24)17-7-3-2-4-8-17/h2-9,14-15,18H,10-13H2,1H3/b20-15-. The van der Waals surface area contributed by atoms with Crippen LogP contribution < -0.4 is 0 Å². The SMILES string of the molecule is Cc1cccc(C2=NOC(=O)/C2=C\N2CCC(c3ccccc3)CC2)c1. The van der Waals surface area contributed by atoms with Crippen molar-refractivity contribution in [1.82, 2.24) is 4.90 Å². The van der Waals surface area contributed by atoms with E-state index >= 15 is 0 Å². The van der Waals surface area contributed by atoms with Crippen LogP contribution in [0.3, 0.4) is 0 Å². The van der Waals surface area contributed by atoms with Crippen molar-refractivity contribution in [1.29, 1.82) is 0 Å². The van der Waals surface area contributed by atoms with Gasteiger partial charge in [-0.25, -0.2) is 4.79 Å². The van der Waals surface area contributed by atoms with Crippen molar-refractivity contribution in [3.63, 3.8) is 0 Å². The van der Waals surface area contributed by atoms with Crippen LogP contribution in [0.2, 0.25) is 0 Å². The van der Waals surface area contributed by atoms with E-state index in [0.29, 0.717) is 17.2 Å². The second-order valence-corrected chi connectivity index (χ2v) is 6.95. The summed E-state index contributed by atoms with van der Waals surface area (Å²) in [5, 5.41) is 4.01. The summed E-state index contributed by atoms with van der Waals surface area (Å²) in [6, 6.07) is 18.6. The molecule has 132 valence electrons. The number of hydrogen-bond acceptors (Lipinski definition) is 4. The fraction of sp³-hybridized carbons (Fsp3) is 0.273. The van der Waals surface area contributed by atoms with Crippen LogP contribution in [-0.4, -0.2) is 29.7 Å². The van der Waals surface area contributed by atoms with Gasteiger partial charge in [0.1, 0.15) is 11.3 Å². The summed E-state index contributed by atoms with van der Waals surface area (Å²) >= 11 is 0. The van der Waals surface area contributed by atoms with Crippen LogP contribution in [0, 0.1) is 6.92 Å². The molecular formula is C22H22N2O2. The minimum absolute atomic E-state index is 0.369. The molecule has 0 spiro atoms. The maximum absolute atomic E-state index is 12.2. The Kier molecular flexibility index (Phi) is 4.57. The summed E-state index contributed by atoms with van der Waals surface area (Å²) in [6.45, 7) is 3.88. The van der Waals surface area contributed by atoms with Crippen molar-refractivity contribution in [2.24, 2.45) is 5.16 Å². The lowest BCUT2D eigenvalue weighted by Gasteiger charge is -2.31. The number of rotatable bonds is 3. The highest BCUT2D eigenvalue weighted by Crippen LogP contribution is 2.29. The number of oxime groups is 1. The predicted octanol–water partition coefficient (Wildman–Crippen LogP) is 4.02. The van der Waals surface area contributed by atoms with Crippen LogP contribution in [0.15, 0.2) is 71.5 Å². The smallest absolute Gasteiger partial charge is 0.369 e. The Morgan fingerprint density at radius 2 is 1.85 bits per heavy atom. The number of benzene rings is 2.